The molecule has 21 N–H and O–H groups in total. The third-order valence-corrected chi connectivity index (χ3v) is 16.5. The molecule has 2 unspecified atom stereocenters. The van der Waals surface area contributed by atoms with Gasteiger partial charge in [-0.2, -0.15) is 0 Å². The number of nitrogens with zero attached hydrogens (tertiary/aromatic N) is 1. The van der Waals surface area contributed by atoms with Gasteiger partial charge < -0.3 is 106 Å². The number of ether oxygens (including phenoxy) is 2. The maximum atomic E-state index is 15.6. The summed E-state index contributed by atoms with van der Waals surface area (Å²) in [5.74, 6) is -18.0. The van der Waals surface area contributed by atoms with E-state index in [4.69, 9.17) is 26.7 Å². The molecule has 1 aliphatic carbocycles. The third kappa shape index (κ3) is 27.8. The largest absolute Gasteiger partial charge is 0.453 e. The van der Waals surface area contributed by atoms with Crippen molar-refractivity contribution in [3.8, 4) is 0 Å². The van der Waals surface area contributed by atoms with Gasteiger partial charge in [-0.15, -0.1) is 0 Å². The molecule has 0 radical (unpaired) electrons. The van der Waals surface area contributed by atoms with E-state index in [1.807, 2.05) is 10.6 Å². The molecule has 99 heavy (non-hydrogen) atoms. The Morgan fingerprint density at radius 3 is 1.78 bits per heavy atom. The molecule has 0 aromatic heterocycles. The van der Waals surface area contributed by atoms with Crippen LogP contribution < -0.4 is 75.7 Å². The van der Waals surface area contributed by atoms with Crippen LogP contribution in [-0.4, -0.2) is 207 Å². The topological polar surface area (TPSA) is 544 Å². The Kier molecular flexibility index (Phi) is 34.4. The number of rotatable bonds is 23. The summed E-state index contributed by atoms with van der Waals surface area (Å²) in [4.78, 5) is 190. The number of guanidine groups is 1. The number of aliphatic hydroxyl groups is 4. The predicted molar refractivity (Wildman–Crippen MR) is 358 cm³/mol. The van der Waals surface area contributed by atoms with Gasteiger partial charge in [0.1, 0.15) is 60.0 Å². The number of alkyl carbamates (subject to hydrolysis) is 1. The van der Waals surface area contributed by atoms with Gasteiger partial charge in [-0.05, 0) is 101 Å². The molecular formula is C65H107N15O19. The molecule has 1 saturated carbocycles. The average Bonchev–Trinajstić information content (AvgIpc) is 0.820. The second-order valence-corrected chi connectivity index (χ2v) is 27.3. The minimum atomic E-state index is -2.60. The Balaban J connectivity index is 2.44. The third-order valence-electron chi connectivity index (χ3n) is 16.5. The number of aliphatic hydroxyl groups excluding tert-OH is 4. The molecule has 15 atom stereocenters. The lowest BCUT2D eigenvalue weighted by atomic mass is 9.83. The highest BCUT2D eigenvalue weighted by molar-refractivity contribution is 6.00. The van der Waals surface area contributed by atoms with Crippen LogP contribution in [0.2, 0.25) is 0 Å². The van der Waals surface area contributed by atoms with Crippen molar-refractivity contribution >= 4 is 83.0 Å². The SMILES string of the molecule is CC[C@H](C)C1NC(=O)[C@@H](CCCN=C(N)N)NC(=O)[C@H](CC(C)C)NC(=O)[C@H]([C@H](O)C(C)C)NC(=O)[C@@H](NC(=O)[C@H](CC(C)C)NC(=O)[C@H](NC(=O)OC(C)(C)C)C2CCCCC2)[C@@H](c2ccccc2)OC(=O)[C@H](CO)NC(=O)[C@H]([C@H](O)C(N)=O)NC(=O)CNC(=O)C([C@H](C)O)NC1=O. The van der Waals surface area contributed by atoms with Gasteiger partial charge in [-0.3, -0.25) is 57.7 Å². The van der Waals surface area contributed by atoms with Gasteiger partial charge >= 0.3 is 12.1 Å². The van der Waals surface area contributed by atoms with E-state index in [0.29, 0.717) is 12.8 Å². The number of hydrogen-bond donors (Lipinski definition) is 18. The summed E-state index contributed by atoms with van der Waals surface area (Å²) in [7, 11) is 0. The highest BCUT2D eigenvalue weighted by Crippen LogP contribution is 2.29. The van der Waals surface area contributed by atoms with E-state index < -0.39 is 210 Å². The first-order valence-electron chi connectivity index (χ1n) is 33.6. The fraction of sp³-hybridized carbons (Fsp3) is 0.692. The van der Waals surface area contributed by atoms with Crippen LogP contribution in [-0.2, 0) is 67.0 Å². The monoisotopic (exact) mass is 1400 g/mol. The number of benzene rings is 1. The lowest BCUT2D eigenvalue weighted by molar-refractivity contribution is -0.159. The van der Waals surface area contributed by atoms with Crippen LogP contribution in [0.25, 0.3) is 0 Å². The molecule has 556 valence electrons. The number of carbonyl (C=O) groups excluding carboxylic acids is 13. The number of nitrogens with two attached hydrogens (primary N) is 3. The Morgan fingerprint density at radius 1 is 0.667 bits per heavy atom. The smallest absolute Gasteiger partial charge is 0.408 e. The zero-order valence-electron chi connectivity index (χ0n) is 58.6. The molecule has 2 aliphatic rings. The van der Waals surface area contributed by atoms with E-state index >= 15 is 14.4 Å². The fourth-order valence-electron chi connectivity index (χ4n) is 10.9. The zero-order valence-corrected chi connectivity index (χ0v) is 58.6. The minimum Gasteiger partial charge on any atom is -0.453 e. The number of esters is 1. The van der Waals surface area contributed by atoms with Gasteiger partial charge in [0.05, 0.1) is 25.4 Å². The lowest BCUT2D eigenvalue weighted by Crippen LogP contribution is -2.64. The summed E-state index contributed by atoms with van der Waals surface area (Å²) in [6.07, 6.45) is -6.08. The maximum absolute atomic E-state index is 15.6. The highest BCUT2D eigenvalue weighted by atomic mass is 16.6. The summed E-state index contributed by atoms with van der Waals surface area (Å²) in [5.41, 5.74) is 15.4. The number of amides is 12. The first-order chi connectivity index (χ1) is 46.3. The second kappa shape index (κ2) is 40.3. The van der Waals surface area contributed by atoms with Crippen LogP contribution in [0.1, 0.15) is 159 Å². The molecule has 3 rings (SSSR count). The summed E-state index contributed by atoms with van der Waals surface area (Å²) in [6, 6.07) is -11.3. The van der Waals surface area contributed by atoms with Gasteiger partial charge in [0.15, 0.2) is 24.2 Å². The number of primary amides is 1. The van der Waals surface area contributed by atoms with Crippen molar-refractivity contribution < 1.29 is 92.2 Å². The van der Waals surface area contributed by atoms with Crippen molar-refractivity contribution in [3.63, 3.8) is 0 Å². The zero-order chi connectivity index (χ0) is 74.8. The van der Waals surface area contributed by atoms with Crippen LogP contribution in [0.4, 0.5) is 4.79 Å². The van der Waals surface area contributed by atoms with Crippen molar-refractivity contribution in [2.45, 2.75) is 238 Å². The van der Waals surface area contributed by atoms with E-state index in [0.717, 1.165) is 26.2 Å². The quantitative estimate of drug-likeness (QED) is 0.0220. The van der Waals surface area contributed by atoms with E-state index in [2.05, 4.69) is 52.8 Å². The first kappa shape index (κ1) is 84.5. The van der Waals surface area contributed by atoms with Gasteiger partial charge in [0.2, 0.25) is 65.0 Å². The first-order valence-corrected chi connectivity index (χ1v) is 33.6. The number of aliphatic imine (C=N–C) groups is 1. The summed E-state index contributed by atoms with van der Waals surface area (Å²) in [5, 5.41) is 71.4. The van der Waals surface area contributed by atoms with Crippen LogP contribution in [0.5, 0.6) is 0 Å². The van der Waals surface area contributed by atoms with Gasteiger partial charge in [-0.1, -0.05) is 111 Å². The molecule has 1 aliphatic heterocycles. The number of cyclic esters (lactones) is 1. The molecule has 0 spiro atoms. The molecular weight excluding hydrogens is 1290 g/mol. The van der Waals surface area contributed by atoms with Crippen LogP contribution in [0.3, 0.4) is 0 Å². The Bertz CT molecular complexity index is 2960. The molecule has 1 saturated heterocycles. The molecule has 34 heteroatoms. The van der Waals surface area contributed by atoms with Gasteiger partial charge in [0.25, 0.3) is 0 Å². The molecule has 0 bridgehead atoms. The van der Waals surface area contributed by atoms with Crippen LogP contribution in [0.15, 0.2) is 35.3 Å². The lowest BCUT2D eigenvalue weighted by Gasteiger charge is -2.34. The van der Waals surface area contributed by atoms with Gasteiger partial charge in [-0.25, -0.2) is 9.59 Å². The van der Waals surface area contributed by atoms with Crippen molar-refractivity contribution in [2.24, 2.45) is 51.8 Å². The minimum absolute atomic E-state index is 0.0334. The van der Waals surface area contributed by atoms with E-state index in [9.17, 15) is 68.4 Å². The van der Waals surface area contributed by atoms with Crippen molar-refractivity contribution in [1.29, 1.82) is 0 Å². The van der Waals surface area contributed by atoms with E-state index in [1.165, 1.54) is 44.2 Å². The second-order valence-electron chi connectivity index (χ2n) is 27.3. The molecule has 2 fully saturated rings. The van der Waals surface area contributed by atoms with Crippen LogP contribution >= 0.6 is 0 Å². The Labute approximate surface area is 576 Å². The Hall–Kier alpha value is -8.76. The fourth-order valence-corrected chi connectivity index (χ4v) is 10.9. The highest BCUT2D eigenvalue weighted by Gasteiger charge is 2.44. The molecule has 1 aromatic rings. The standard InChI is InChI=1S/C65H107N15O19/c1-13-34(8)43-57(91)77-44(35(9)82)56(90)70-29-42(83)75-47(50(85)52(66)86)60(94)74-41(30-81)62(96)98-51(37-23-18-15-19-24-37)48(79-55(89)40(28-32(4)5)72-58(92)45(36-21-16-14-17-22-36)80-64(97)99-65(10,11)12)61(95)78-46(49(84)33(6)7)59(93)73-39(27-31(2)3)54(88)71-38(53(87)76-43)25-20-26-69-63(67)68/h15,18-19,23-24,31-36,38-41,43-51,81-82,84-85H,13-14,16-17,20-22,25-30H2,1-12H3,(H2,66,86)(H,70,90)(H,71,88)(H,72,92)(H,73,93)(H,74,94)(H,75,83)(H,76,87)(H,77,91)(H,78,95)(H,79,89)(H,80,97)(H4,67,68,69)/t34-,35-,38+,39-,40-,41-,43?,44?,45+,46-,47-,48-,49+,50-,51+/m0/s1. The average molecular weight is 1400 g/mol. The van der Waals surface area contributed by atoms with Crippen molar-refractivity contribution in [2.75, 3.05) is 19.7 Å². The maximum Gasteiger partial charge on any atom is 0.408 e. The summed E-state index contributed by atoms with van der Waals surface area (Å²) < 4.78 is 11.5. The predicted octanol–water partition coefficient (Wildman–Crippen LogP) is -3.33. The Morgan fingerprint density at radius 2 is 1.23 bits per heavy atom. The molecule has 1 heterocycles. The van der Waals surface area contributed by atoms with Crippen molar-refractivity contribution in [3.05, 3.63) is 35.9 Å². The normalized spacial score (nSPS) is 24.7. The molecule has 34 nitrogen and oxygen atoms in total. The summed E-state index contributed by atoms with van der Waals surface area (Å²) >= 11 is 0. The molecule has 12 amide bonds. The van der Waals surface area contributed by atoms with Gasteiger partial charge in [0, 0.05) is 6.54 Å². The number of hydrogen-bond acceptors (Lipinski definition) is 20. The summed E-state index contributed by atoms with van der Waals surface area (Å²) in [6.45, 7) is 16.5. The van der Waals surface area contributed by atoms with Crippen molar-refractivity contribution in [1.82, 2.24) is 58.5 Å². The number of nitrogens with one attached hydrogen (secondary N) is 11. The number of carbonyl (C=O) groups is 13. The van der Waals surface area contributed by atoms with E-state index in [-0.39, 0.29) is 50.2 Å². The van der Waals surface area contributed by atoms with E-state index in [1.54, 1.807) is 62.3 Å². The van der Waals surface area contributed by atoms with Crippen LogP contribution in [0, 0.1) is 29.6 Å². The molecule has 1 aromatic carbocycles.